The SMILES string of the molecule is CCc1sc(N)nc1-c1ccc(O)cc1. The van der Waals surface area contributed by atoms with Gasteiger partial charge in [0.15, 0.2) is 5.13 Å². The number of phenolic OH excluding ortho intramolecular Hbond substituents is 1. The van der Waals surface area contributed by atoms with E-state index in [9.17, 15) is 5.11 Å². The van der Waals surface area contributed by atoms with Gasteiger partial charge in [-0.25, -0.2) is 4.98 Å². The number of aryl methyl sites for hydroxylation is 1. The highest BCUT2D eigenvalue weighted by Crippen LogP contribution is 2.30. The van der Waals surface area contributed by atoms with Crippen molar-refractivity contribution in [1.29, 1.82) is 0 Å². The van der Waals surface area contributed by atoms with Crippen molar-refractivity contribution in [2.24, 2.45) is 0 Å². The largest absolute Gasteiger partial charge is 0.508 e. The molecule has 1 aromatic heterocycles. The van der Waals surface area contributed by atoms with Crippen LogP contribution in [0.5, 0.6) is 5.75 Å². The molecule has 0 saturated heterocycles. The maximum Gasteiger partial charge on any atom is 0.180 e. The van der Waals surface area contributed by atoms with Crippen molar-refractivity contribution >= 4 is 16.5 Å². The number of rotatable bonds is 2. The first-order valence-electron chi connectivity index (χ1n) is 4.75. The summed E-state index contributed by atoms with van der Waals surface area (Å²) in [5.74, 6) is 0.264. The first-order valence-corrected chi connectivity index (χ1v) is 5.57. The molecule has 15 heavy (non-hydrogen) atoms. The van der Waals surface area contributed by atoms with Crippen molar-refractivity contribution in [2.75, 3.05) is 5.73 Å². The fourth-order valence-corrected chi connectivity index (χ4v) is 2.25. The van der Waals surface area contributed by atoms with Gasteiger partial charge in [0.05, 0.1) is 5.69 Å². The summed E-state index contributed by atoms with van der Waals surface area (Å²) >= 11 is 1.52. The van der Waals surface area contributed by atoms with Crippen molar-refractivity contribution in [3.8, 4) is 17.0 Å². The summed E-state index contributed by atoms with van der Waals surface area (Å²) in [5, 5.41) is 9.79. The van der Waals surface area contributed by atoms with Gasteiger partial charge in [-0.05, 0) is 30.7 Å². The lowest BCUT2D eigenvalue weighted by molar-refractivity contribution is 0.475. The molecular weight excluding hydrogens is 208 g/mol. The molecule has 0 fully saturated rings. The number of nitrogens with two attached hydrogens (primary N) is 1. The van der Waals surface area contributed by atoms with Crippen LogP contribution >= 0.6 is 11.3 Å². The normalized spacial score (nSPS) is 10.5. The van der Waals surface area contributed by atoms with E-state index in [1.54, 1.807) is 12.1 Å². The van der Waals surface area contributed by atoms with Crippen LogP contribution in [0.1, 0.15) is 11.8 Å². The third kappa shape index (κ3) is 1.94. The Morgan fingerprint density at radius 1 is 1.33 bits per heavy atom. The van der Waals surface area contributed by atoms with E-state index in [-0.39, 0.29) is 5.75 Å². The van der Waals surface area contributed by atoms with Gasteiger partial charge in [0.1, 0.15) is 5.75 Å². The average molecular weight is 220 g/mol. The molecule has 1 aromatic carbocycles. The van der Waals surface area contributed by atoms with Gasteiger partial charge in [-0.3, -0.25) is 0 Å². The molecule has 0 atom stereocenters. The minimum atomic E-state index is 0.264. The number of benzene rings is 1. The summed E-state index contributed by atoms with van der Waals surface area (Å²) in [6, 6.07) is 7.01. The van der Waals surface area contributed by atoms with E-state index in [0.29, 0.717) is 5.13 Å². The zero-order chi connectivity index (χ0) is 10.8. The molecule has 0 unspecified atom stereocenters. The highest BCUT2D eigenvalue weighted by molar-refractivity contribution is 7.15. The van der Waals surface area contributed by atoms with Crippen LogP contribution in [-0.2, 0) is 6.42 Å². The Labute approximate surface area is 92.2 Å². The van der Waals surface area contributed by atoms with Crippen LogP contribution in [0.3, 0.4) is 0 Å². The van der Waals surface area contributed by atoms with Crippen LogP contribution in [0.2, 0.25) is 0 Å². The number of aromatic hydroxyl groups is 1. The van der Waals surface area contributed by atoms with E-state index >= 15 is 0 Å². The molecule has 3 nitrogen and oxygen atoms in total. The van der Waals surface area contributed by atoms with E-state index in [4.69, 9.17) is 5.73 Å². The number of hydrogen-bond acceptors (Lipinski definition) is 4. The zero-order valence-corrected chi connectivity index (χ0v) is 9.21. The van der Waals surface area contributed by atoms with E-state index in [1.807, 2.05) is 12.1 Å². The summed E-state index contributed by atoms with van der Waals surface area (Å²) in [7, 11) is 0. The second kappa shape index (κ2) is 3.90. The first kappa shape index (κ1) is 9.98. The fourth-order valence-electron chi connectivity index (χ4n) is 1.45. The highest BCUT2D eigenvalue weighted by atomic mass is 32.1. The van der Waals surface area contributed by atoms with Crippen LogP contribution < -0.4 is 5.73 Å². The molecule has 0 aliphatic rings. The average Bonchev–Trinajstić information content (AvgIpc) is 2.61. The van der Waals surface area contributed by atoms with Gasteiger partial charge in [-0.1, -0.05) is 6.92 Å². The number of phenols is 1. The van der Waals surface area contributed by atoms with E-state index in [1.165, 1.54) is 16.2 Å². The Balaban J connectivity index is 2.48. The highest BCUT2D eigenvalue weighted by Gasteiger charge is 2.09. The number of thiazole rings is 1. The molecule has 0 saturated carbocycles. The number of hydrogen-bond donors (Lipinski definition) is 2. The van der Waals surface area contributed by atoms with Gasteiger partial charge in [-0.2, -0.15) is 0 Å². The summed E-state index contributed by atoms with van der Waals surface area (Å²) in [4.78, 5) is 5.47. The number of nitrogens with zero attached hydrogens (tertiary/aromatic N) is 1. The van der Waals surface area contributed by atoms with Gasteiger partial charge in [0.25, 0.3) is 0 Å². The first-order chi connectivity index (χ1) is 7.20. The van der Waals surface area contributed by atoms with Crippen LogP contribution in [0.25, 0.3) is 11.3 Å². The Morgan fingerprint density at radius 3 is 2.60 bits per heavy atom. The second-order valence-corrected chi connectivity index (χ2v) is 4.34. The van der Waals surface area contributed by atoms with Gasteiger partial charge >= 0.3 is 0 Å². The quantitative estimate of drug-likeness (QED) is 0.818. The van der Waals surface area contributed by atoms with Crippen molar-refractivity contribution in [2.45, 2.75) is 13.3 Å². The minimum Gasteiger partial charge on any atom is -0.508 e. The molecule has 0 aliphatic carbocycles. The van der Waals surface area contributed by atoms with Crippen molar-refractivity contribution < 1.29 is 5.11 Å². The predicted octanol–water partition coefficient (Wildman–Crippen LogP) is 2.66. The number of anilines is 1. The minimum absolute atomic E-state index is 0.264. The maximum absolute atomic E-state index is 9.19. The lowest BCUT2D eigenvalue weighted by Crippen LogP contribution is -1.84. The fraction of sp³-hybridized carbons (Fsp3) is 0.182. The van der Waals surface area contributed by atoms with E-state index < -0.39 is 0 Å². The van der Waals surface area contributed by atoms with Gasteiger partial charge < -0.3 is 10.8 Å². The third-order valence-electron chi connectivity index (χ3n) is 2.18. The molecular formula is C11H12N2OS. The molecule has 1 heterocycles. The monoisotopic (exact) mass is 220 g/mol. The van der Waals surface area contributed by atoms with Gasteiger partial charge in [0, 0.05) is 10.4 Å². The Hall–Kier alpha value is -1.55. The Kier molecular flexibility index (Phi) is 2.60. The standard InChI is InChI=1S/C11H12N2OS/c1-2-9-10(13-11(12)15-9)7-3-5-8(14)6-4-7/h3-6,14H,2H2,1H3,(H2,12,13). The predicted molar refractivity (Wildman–Crippen MR) is 63.0 cm³/mol. The summed E-state index contributed by atoms with van der Waals surface area (Å²) in [6.07, 6.45) is 0.922. The molecule has 0 amide bonds. The van der Waals surface area contributed by atoms with Crippen LogP contribution in [0.15, 0.2) is 24.3 Å². The topological polar surface area (TPSA) is 59.1 Å². The number of nitrogen functional groups attached to an aromatic ring is 1. The van der Waals surface area contributed by atoms with Crippen molar-refractivity contribution in [1.82, 2.24) is 4.98 Å². The summed E-state index contributed by atoms with van der Waals surface area (Å²) < 4.78 is 0. The van der Waals surface area contributed by atoms with Crippen molar-refractivity contribution in [3.63, 3.8) is 0 Å². The summed E-state index contributed by atoms with van der Waals surface area (Å²) in [5.41, 5.74) is 7.61. The summed E-state index contributed by atoms with van der Waals surface area (Å²) in [6.45, 7) is 2.08. The molecule has 2 rings (SSSR count). The smallest absolute Gasteiger partial charge is 0.180 e. The van der Waals surface area contributed by atoms with Crippen LogP contribution in [-0.4, -0.2) is 10.1 Å². The lowest BCUT2D eigenvalue weighted by atomic mass is 10.1. The van der Waals surface area contributed by atoms with E-state index in [0.717, 1.165) is 17.7 Å². The Morgan fingerprint density at radius 2 is 2.00 bits per heavy atom. The molecule has 0 aliphatic heterocycles. The van der Waals surface area contributed by atoms with Crippen LogP contribution in [0, 0.1) is 0 Å². The molecule has 0 radical (unpaired) electrons. The lowest BCUT2D eigenvalue weighted by Gasteiger charge is -1.99. The second-order valence-electron chi connectivity index (χ2n) is 3.22. The molecule has 3 N–H and O–H groups in total. The zero-order valence-electron chi connectivity index (χ0n) is 8.40. The van der Waals surface area contributed by atoms with Crippen molar-refractivity contribution in [3.05, 3.63) is 29.1 Å². The maximum atomic E-state index is 9.19. The molecule has 2 aromatic rings. The number of aromatic nitrogens is 1. The van der Waals surface area contributed by atoms with E-state index in [2.05, 4.69) is 11.9 Å². The Bertz CT molecular complexity index is 462. The van der Waals surface area contributed by atoms with Gasteiger partial charge in [0.2, 0.25) is 0 Å². The molecule has 4 heteroatoms. The van der Waals surface area contributed by atoms with Crippen LogP contribution in [0.4, 0.5) is 5.13 Å². The van der Waals surface area contributed by atoms with Gasteiger partial charge in [-0.15, -0.1) is 11.3 Å². The third-order valence-corrected chi connectivity index (χ3v) is 3.20. The molecule has 0 spiro atoms. The molecule has 0 bridgehead atoms. The molecule has 78 valence electrons.